The zero-order valence-corrected chi connectivity index (χ0v) is 9.77. The molecule has 0 aliphatic rings. The molecule has 1 heterocycles. The van der Waals surface area contributed by atoms with Gasteiger partial charge in [-0.3, -0.25) is 5.32 Å². The van der Waals surface area contributed by atoms with Crippen LogP contribution in [0, 0.1) is 0 Å². The molecule has 18 heavy (non-hydrogen) atoms. The number of anilines is 2. The van der Waals surface area contributed by atoms with Crippen LogP contribution in [0.3, 0.4) is 0 Å². The van der Waals surface area contributed by atoms with Crippen molar-refractivity contribution in [3.63, 3.8) is 0 Å². The molecule has 0 aliphatic carbocycles. The zero-order chi connectivity index (χ0) is 13.0. The Morgan fingerprint density at radius 2 is 1.89 bits per heavy atom. The van der Waals surface area contributed by atoms with Crippen LogP contribution in [0.5, 0.6) is 0 Å². The lowest BCUT2D eigenvalue weighted by Gasteiger charge is -2.05. The first kappa shape index (κ1) is 12.0. The standard InChI is InChI=1S/C10H8N4O3S/c15-8(16)6-1-3-7(4-2-6)12-9(17)13-10-14-11-5-18-10/h1-5H,(H,15,16)(H2,12,13,14,17). The number of carboxylic acid groups (broad SMARTS) is 1. The Bertz CT molecular complexity index is 553. The molecule has 3 N–H and O–H groups in total. The van der Waals surface area contributed by atoms with E-state index >= 15 is 0 Å². The SMILES string of the molecule is O=C(Nc1ccc(C(=O)O)cc1)Nc1nncs1. The fourth-order valence-electron chi connectivity index (χ4n) is 1.18. The second kappa shape index (κ2) is 5.23. The van der Waals surface area contributed by atoms with Gasteiger partial charge in [-0.05, 0) is 24.3 Å². The highest BCUT2D eigenvalue weighted by Crippen LogP contribution is 2.12. The van der Waals surface area contributed by atoms with Crippen LogP contribution in [0.15, 0.2) is 29.8 Å². The van der Waals surface area contributed by atoms with Crippen LogP contribution >= 0.6 is 11.3 Å². The topological polar surface area (TPSA) is 104 Å². The molecule has 1 aromatic heterocycles. The number of nitrogens with one attached hydrogen (secondary N) is 2. The van der Waals surface area contributed by atoms with Gasteiger partial charge in [0.1, 0.15) is 5.51 Å². The highest BCUT2D eigenvalue weighted by Gasteiger charge is 2.06. The molecule has 0 atom stereocenters. The number of carbonyl (C=O) groups excluding carboxylic acids is 1. The van der Waals surface area contributed by atoms with Gasteiger partial charge in [0.25, 0.3) is 0 Å². The number of carbonyl (C=O) groups is 2. The van der Waals surface area contributed by atoms with E-state index in [0.29, 0.717) is 10.8 Å². The van der Waals surface area contributed by atoms with Gasteiger partial charge < -0.3 is 10.4 Å². The summed E-state index contributed by atoms with van der Waals surface area (Å²) in [6.45, 7) is 0. The minimum atomic E-state index is -1.01. The number of amides is 2. The van der Waals surface area contributed by atoms with Crippen LogP contribution in [0.1, 0.15) is 10.4 Å². The molecule has 92 valence electrons. The molecule has 2 amide bonds. The third kappa shape index (κ3) is 3.01. The predicted octanol–water partition coefficient (Wildman–Crippen LogP) is 1.88. The van der Waals surface area contributed by atoms with Gasteiger partial charge >= 0.3 is 12.0 Å². The van der Waals surface area contributed by atoms with Crippen molar-refractivity contribution < 1.29 is 14.7 Å². The third-order valence-corrected chi connectivity index (χ3v) is 2.58. The lowest BCUT2D eigenvalue weighted by molar-refractivity contribution is 0.0697. The van der Waals surface area contributed by atoms with Crippen LogP contribution in [0.4, 0.5) is 15.6 Å². The van der Waals surface area contributed by atoms with Crippen LogP contribution in [-0.2, 0) is 0 Å². The molecule has 2 rings (SSSR count). The summed E-state index contributed by atoms with van der Waals surface area (Å²) >= 11 is 1.20. The van der Waals surface area contributed by atoms with Crippen molar-refractivity contribution in [1.82, 2.24) is 10.2 Å². The average molecular weight is 264 g/mol. The monoisotopic (exact) mass is 264 g/mol. The zero-order valence-electron chi connectivity index (χ0n) is 8.95. The van der Waals surface area contributed by atoms with Crippen molar-refractivity contribution in [2.75, 3.05) is 10.6 Å². The first-order valence-electron chi connectivity index (χ1n) is 4.82. The summed E-state index contributed by atoms with van der Waals surface area (Å²) in [6, 6.07) is 5.35. The lowest BCUT2D eigenvalue weighted by atomic mass is 10.2. The largest absolute Gasteiger partial charge is 0.478 e. The number of urea groups is 1. The van der Waals surface area contributed by atoms with E-state index in [4.69, 9.17) is 5.11 Å². The Morgan fingerprint density at radius 1 is 1.17 bits per heavy atom. The van der Waals surface area contributed by atoms with Crippen molar-refractivity contribution in [2.24, 2.45) is 0 Å². The van der Waals surface area contributed by atoms with Gasteiger partial charge in [-0.1, -0.05) is 11.3 Å². The summed E-state index contributed by atoms with van der Waals surface area (Å²) in [4.78, 5) is 22.1. The molecule has 8 heteroatoms. The van der Waals surface area contributed by atoms with Gasteiger partial charge in [0.2, 0.25) is 5.13 Å². The summed E-state index contributed by atoms with van der Waals surface area (Å²) in [5.74, 6) is -1.01. The van der Waals surface area contributed by atoms with E-state index in [9.17, 15) is 9.59 Å². The molecule has 0 saturated carbocycles. The molecule has 0 saturated heterocycles. The van der Waals surface area contributed by atoms with E-state index in [1.165, 1.54) is 41.1 Å². The second-order valence-electron chi connectivity index (χ2n) is 3.21. The van der Waals surface area contributed by atoms with Gasteiger partial charge in [0.15, 0.2) is 0 Å². The minimum absolute atomic E-state index is 0.157. The fraction of sp³-hybridized carbons (Fsp3) is 0. The van der Waals surface area contributed by atoms with E-state index in [2.05, 4.69) is 20.8 Å². The average Bonchev–Trinajstić information content (AvgIpc) is 2.82. The Kier molecular flexibility index (Phi) is 3.49. The lowest BCUT2D eigenvalue weighted by Crippen LogP contribution is -2.19. The number of hydrogen-bond acceptors (Lipinski definition) is 5. The molecule has 2 aromatic rings. The van der Waals surface area contributed by atoms with Crippen LogP contribution in [0.2, 0.25) is 0 Å². The van der Waals surface area contributed by atoms with Gasteiger partial charge in [-0.2, -0.15) is 0 Å². The van der Waals surface area contributed by atoms with Gasteiger partial charge in [-0.25, -0.2) is 9.59 Å². The van der Waals surface area contributed by atoms with Crippen LogP contribution in [-0.4, -0.2) is 27.3 Å². The number of rotatable bonds is 3. The van der Waals surface area contributed by atoms with Crippen LogP contribution in [0.25, 0.3) is 0 Å². The van der Waals surface area contributed by atoms with Crippen molar-refractivity contribution >= 4 is 34.2 Å². The van der Waals surface area contributed by atoms with Crippen molar-refractivity contribution in [3.05, 3.63) is 35.3 Å². The van der Waals surface area contributed by atoms with E-state index < -0.39 is 12.0 Å². The molecule has 0 unspecified atom stereocenters. The minimum Gasteiger partial charge on any atom is -0.478 e. The summed E-state index contributed by atoms with van der Waals surface area (Å²) in [5.41, 5.74) is 2.14. The Balaban J connectivity index is 1.97. The molecule has 7 nitrogen and oxygen atoms in total. The Hall–Kier alpha value is -2.48. The molecule has 0 bridgehead atoms. The Morgan fingerprint density at radius 3 is 2.44 bits per heavy atom. The van der Waals surface area contributed by atoms with Crippen molar-refractivity contribution in [3.8, 4) is 0 Å². The predicted molar refractivity (Wildman–Crippen MR) is 66.0 cm³/mol. The highest BCUT2D eigenvalue weighted by molar-refractivity contribution is 7.13. The number of nitrogens with zero attached hydrogens (tertiary/aromatic N) is 2. The maximum atomic E-state index is 11.5. The normalized spacial score (nSPS) is 9.78. The summed E-state index contributed by atoms with van der Waals surface area (Å²) < 4.78 is 0. The summed E-state index contributed by atoms with van der Waals surface area (Å²) in [6.07, 6.45) is 0. The fourth-order valence-corrected chi connectivity index (χ4v) is 1.62. The smallest absolute Gasteiger partial charge is 0.335 e. The first-order valence-corrected chi connectivity index (χ1v) is 5.70. The van der Waals surface area contributed by atoms with Crippen molar-refractivity contribution in [2.45, 2.75) is 0 Å². The molecule has 1 aromatic carbocycles. The van der Waals surface area contributed by atoms with E-state index in [-0.39, 0.29) is 5.56 Å². The van der Waals surface area contributed by atoms with E-state index in [1.54, 1.807) is 0 Å². The Labute approximate surface area is 105 Å². The molecular formula is C10H8N4O3S. The number of aromatic carboxylic acids is 1. The van der Waals surface area contributed by atoms with Crippen LogP contribution < -0.4 is 10.6 Å². The van der Waals surface area contributed by atoms with E-state index in [0.717, 1.165) is 0 Å². The molecule has 0 radical (unpaired) electrons. The van der Waals surface area contributed by atoms with Gasteiger partial charge in [-0.15, -0.1) is 10.2 Å². The molecule has 0 aliphatic heterocycles. The summed E-state index contributed by atoms with van der Waals surface area (Å²) in [7, 11) is 0. The maximum Gasteiger partial charge on any atom is 0.335 e. The first-order chi connectivity index (χ1) is 8.65. The molecular weight excluding hydrogens is 256 g/mol. The van der Waals surface area contributed by atoms with Gasteiger partial charge in [0.05, 0.1) is 5.56 Å². The number of aromatic nitrogens is 2. The second-order valence-corrected chi connectivity index (χ2v) is 4.04. The number of benzene rings is 1. The third-order valence-electron chi connectivity index (χ3n) is 1.97. The summed E-state index contributed by atoms with van der Waals surface area (Å²) in [5, 5.41) is 21.4. The molecule has 0 spiro atoms. The highest BCUT2D eigenvalue weighted by atomic mass is 32.1. The quantitative estimate of drug-likeness (QED) is 0.785. The van der Waals surface area contributed by atoms with E-state index in [1.807, 2.05) is 0 Å². The number of carboxylic acids is 1. The van der Waals surface area contributed by atoms with Gasteiger partial charge in [0, 0.05) is 5.69 Å². The number of hydrogen-bond donors (Lipinski definition) is 3. The maximum absolute atomic E-state index is 11.5. The van der Waals surface area contributed by atoms with Crippen molar-refractivity contribution in [1.29, 1.82) is 0 Å². The molecule has 0 fully saturated rings.